The summed E-state index contributed by atoms with van der Waals surface area (Å²) in [5, 5.41) is 8.57. The van der Waals surface area contributed by atoms with E-state index in [-0.39, 0.29) is 28.9 Å². The van der Waals surface area contributed by atoms with Gasteiger partial charge >= 0.3 is 0 Å². The van der Waals surface area contributed by atoms with E-state index in [1.807, 2.05) is 41.3 Å². The highest BCUT2D eigenvalue weighted by Gasteiger charge is 2.25. The fourth-order valence-electron chi connectivity index (χ4n) is 3.56. The van der Waals surface area contributed by atoms with Gasteiger partial charge in [-0.25, -0.2) is 8.42 Å². The zero-order valence-electron chi connectivity index (χ0n) is 16.9. The number of rotatable bonds is 8. The zero-order chi connectivity index (χ0) is 21.4. The quantitative estimate of drug-likeness (QED) is 0.601. The Labute approximate surface area is 178 Å². The molecule has 1 unspecified atom stereocenters. The van der Waals surface area contributed by atoms with Crippen molar-refractivity contribution in [2.45, 2.75) is 30.6 Å². The van der Waals surface area contributed by atoms with E-state index in [2.05, 4.69) is 0 Å². The molecule has 2 aromatic carbocycles. The van der Waals surface area contributed by atoms with E-state index in [9.17, 15) is 13.2 Å². The second kappa shape index (κ2) is 10.3. The van der Waals surface area contributed by atoms with Crippen LogP contribution in [0.25, 0.3) is 0 Å². The minimum absolute atomic E-state index is 0.0664. The van der Waals surface area contributed by atoms with Crippen LogP contribution in [0.4, 0.5) is 0 Å². The summed E-state index contributed by atoms with van der Waals surface area (Å²) in [5.74, 6) is 0.936. The number of likely N-dealkylation sites (tertiary alicyclic amines) is 1. The van der Waals surface area contributed by atoms with Crippen LogP contribution in [0.5, 0.6) is 5.75 Å². The van der Waals surface area contributed by atoms with Crippen LogP contribution in [0.15, 0.2) is 59.5 Å². The van der Waals surface area contributed by atoms with E-state index in [0.717, 1.165) is 18.6 Å². The highest BCUT2D eigenvalue weighted by Crippen LogP contribution is 2.21. The van der Waals surface area contributed by atoms with E-state index in [4.69, 9.17) is 10.00 Å². The number of hydrogen-bond acceptors (Lipinski definition) is 5. The van der Waals surface area contributed by atoms with Crippen molar-refractivity contribution in [2.24, 2.45) is 5.92 Å². The number of amides is 1. The summed E-state index contributed by atoms with van der Waals surface area (Å²) in [6.07, 6.45) is 2.44. The third kappa shape index (κ3) is 5.83. The van der Waals surface area contributed by atoms with E-state index in [0.29, 0.717) is 31.7 Å². The van der Waals surface area contributed by atoms with Gasteiger partial charge in [0.2, 0.25) is 0 Å². The van der Waals surface area contributed by atoms with E-state index >= 15 is 0 Å². The van der Waals surface area contributed by atoms with E-state index < -0.39 is 9.84 Å². The third-order valence-electron chi connectivity index (χ3n) is 5.20. The van der Waals surface area contributed by atoms with Crippen LogP contribution in [0.1, 0.15) is 36.0 Å². The monoisotopic (exact) mass is 426 g/mol. The summed E-state index contributed by atoms with van der Waals surface area (Å²) in [6, 6.07) is 17.7. The van der Waals surface area contributed by atoms with Crippen LogP contribution in [0, 0.1) is 17.2 Å². The van der Waals surface area contributed by atoms with Gasteiger partial charge in [-0.1, -0.05) is 18.2 Å². The number of ether oxygens (including phenoxy) is 1. The van der Waals surface area contributed by atoms with Crippen LogP contribution in [-0.4, -0.2) is 44.7 Å². The first kappa shape index (κ1) is 21.8. The first-order valence-electron chi connectivity index (χ1n) is 10.2. The molecule has 1 aliphatic rings. The number of hydrogen-bond donors (Lipinski definition) is 0. The maximum absolute atomic E-state index is 12.9. The number of para-hydroxylation sites is 1. The predicted molar refractivity (Wildman–Crippen MR) is 114 cm³/mol. The molecule has 2 aromatic rings. The Morgan fingerprint density at radius 1 is 1.13 bits per heavy atom. The summed E-state index contributed by atoms with van der Waals surface area (Å²) >= 11 is 0. The van der Waals surface area contributed by atoms with Crippen molar-refractivity contribution in [2.75, 3.05) is 25.4 Å². The lowest BCUT2D eigenvalue weighted by Crippen LogP contribution is -2.41. The maximum atomic E-state index is 12.9. The SMILES string of the molecule is N#CCCCS(=O)(=O)c1ccc(C(=O)N2CCCC(COc3ccccc3)C2)cc1. The normalized spacial score (nSPS) is 16.6. The molecule has 158 valence electrons. The molecule has 0 N–H and O–H groups in total. The van der Waals surface area contributed by atoms with Gasteiger partial charge in [0.15, 0.2) is 9.84 Å². The molecule has 30 heavy (non-hydrogen) atoms. The zero-order valence-corrected chi connectivity index (χ0v) is 17.7. The van der Waals surface area contributed by atoms with Crippen molar-refractivity contribution >= 4 is 15.7 Å². The number of benzene rings is 2. The fourth-order valence-corrected chi connectivity index (χ4v) is 4.87. The van der Waals surface area contributed by atoms with Crippen LogP contribution in [0.3, 0.4) is 0 Å². The first-order chi connectivity index (χ1) is 14.5. The van der Waals surface area contributed by atoms with Crippen LogP contribution in [-0.2, 0) is 9.84 Å². The van der Waals surface area contributed by atoms with Gasteiger partial charge in [0.25, 0.3) is 5.91 Å². The second-order valence-electron chi connectivity index (χ2n) is 7.49. The lowest BCUT2D eigenvalue weighted by molar-refractivity contribution is 0.0633. The summed E-state index contributed by atoms with van der Waals surface area (Å²) < 4.78 is 30.5. The summed E-state index contributed by atoms with van der Waals surface area (Å²) in [6.45, 7) is 1.88. The highest BCUT2D eigenvalue weighted by molar-refractivity contribution is 7.91. The Morgan fingerprint density at radius 3 is 2.57 bits per heavy atom. The molecule has 7 heteroatoms. The van der Waals surface area contributed by atoms with Crippen molar-refractivity contribution in [3.8, 4) is 11.8 Å². The molecule has 6 nitrogen and oxygen atoms in total. The largest absolute Gasteiger partial charge is 0.493 e. The number of nitriles is 1. The Morgan fingerprint density at radius 2 is 1.87 bits per heavy atom. The molecule has 0 spiro atoms. The van der Waals surface area contributed by atoms with Crippen LogP contribution in [0.2, 0.25) is 0 Å². The maximum Gasteiger partial charge on any atom is 0.253 e. The molecule has 1 heterocycles. The highest BCUT2D eigenvalue weighted by atomic mass is 32.2. The van der Waals surface area contributed by atoms with Gasteiger partial charge in [-0.2, -0.15) is 5.26 Å². The Balaban J connectivity index is 1.58. The standard InChI is InChI=1S/C23H26N2O4S/c24-14-4-5-16-30(27,28)22-12-10-20(11-13-22)23(26)25-15-6-7-19(17-25)18-29-21-8-2-1-3-9-21/h1-3,8-13,19H,4-7,15-18H2. The van der Waals surface area contributed by atoms with Gasteiger partial charge in [-0.3, -0.25) is 4.79 Å². The number of sulfone groups is 1. The molecule has 0 aliphatic carbocycles. The minimum atomic E-state index is -3.43. The van der Waals surface area contributed by atoms with Crippen LogP contribution >= 0.6 is 0 Å². The molecule has 1 fully saturated rings. The molecular formula is C23H26N2O4S. The lowest BCUT2D eigenvalue weighted by Gasteiger charge is -2.32. The molecule has 0 saturated carbocycles. The number of carbonyl (C=O) groups is 1. The van der Waals surface area contributed by atoms with Crippen molar-refractivity contribution in [3.63, 3.8) is 0 Å². The average molecular weight is 427 g/mol. The summed E-state index contributed by atoms with van der Waals surface area (Å²) in [5.41, 5.74) is 0.482. The molecule has 1 amide bonds. The Bertz CT molecular complexity index is 982. The van der Waals surface area contributed by atoms with Crippen molar-refractivity contribution in [1.29, 1.82) is 5.26 Å². The molecule has 3 rings (SSSR count). The number of piperidine rings is 1. The van der Waals surface area contributed by atoms with Gasteiger partial charge < -0.3 is 9.64 Å². The third-order valence-corrected chi connectivity index (χ3v) is 7.01. The van der Waals surface area contributed by atoms with Gasteiger partial charge in [0, 0.05) is 31.0 Å². The Kier molecular flexibility index (Phi) is 7.47. The average Bonchev–Trinajstić information content (AvgIpc) is 2.78. The summed E-state index contributed by atoms with van der Waals surface area (Å²) in [4.78, 5) is 14.9. The second-order valence-corrected chi connectivity index (χ2v) is 9.60. The van der Waals surface area contributed by atoms with E-state index in [1.165, 1.54) is 12.1 Å². The number of carbonyl (C=O) groups excluding carboxylic acids is 1. The van der Waals surface area contributed by atoms with Gasteiger partial charge in [0.05, 0.1) is 23.3 Å². The van der Waals surface area contributed by atoms with Crippen LogP contribution < -0.4 is 4.74 Å². The van der Waals surface area contributed by atoms with Crippen molar-refractivity contribution in [1.82, 2.24) is 4.90 Å². The topological polar surface area (TPSA) is 87.5 Å². The Hall–Kier alpha value is -2.85. The number of nitrogens with zero attached hydrogens (tertiary/aromatic N) is 2. The lowest BCUT2D eigenvalue weighted by atomic mass is 9.98. The van der Waals surface area contributed by atoms with Crippen molar-refractivity contribution in [3.05, 3.63) is 60.2 Å². The summed E-state index contributed by atoms with van der Waals surface area (Å²) in [7, 11) is -3.43. The molecule has 0 bridgehead atoms. The van der Waals surface area contributed by atoms with Gasteiger partial charge in [0.1, 0.15) is 5.75 Å². The molecular weight excluding hydrogens is 400 g/mol. The molecule has 0 aromatic heterocycles. The van der Waals surface area contributed by atoms with Gasteiger partial charge in [-0.05, 0) is 55.7 Å². The smallest absolute Gasteiger partial charge is 0.253 e. The minimum Gasteiger partial charge on any atom is -0.493 e. The van der Waals surface area contributed by atoms with Crippen molar-refractivity contribution < 1.29 is 17.9 Å². The molecule has 1 aliphatic heterocycles. The first-order valence-corrected chi connectivity index (χ1v) is 11.8. The van der Waals surface area contributed by atoms with Gasteiger partial charge in [-0.15, -0.1) is 0 Å². The molecule has 0 radical (unpaired) electrons. The molecule has 1 saturated heterocycles. The molecule has 1 atom stereocenters. The predicted octanol–water partition coefficient (Wildman–Crippen LogP) is 3.70. The fraction of sp³-hybridized carbons (Fsp3) is 0.391. The van der Waals surface area contributed by atoms with E-state index in [1.54, 1.807) is 12.1 Å². The number of unbranched alkanes of at least 4 members (excludes halogenated alkanes) is 1.